The molecule has 0 heterocycles. The van der Waals surface area contributed by atoms with Crippen molar-refractivity contribution in [3.63, 3.8) is 0 Å². The first-order valence-corrected chi connectivity index (χ1v) is 7.93. The van der Waals surface area contributed by atoms with Crippen molar-refractivity contribution in [1.29, 1.82) is 0 Å². The van der Waals surface area contributed by atoms with E-state index < -0.39 is 10.0 Å². The summed E-state index contributed by atoms with van der Waals surface area (Å²) < 4.78 is 27.3. The van der Waals surface area contributed by atoms with Gasteiger partial charge in [0.05, 0.1) is 4.90 Å². The van der Waals surface area contributed by atoms with Gasteiger partial charge in [-0.2, -0.15) is 0 Å². The van der Waals surface area contributed by atoms with Crippen molar-refractivity contribution in [3.8, 4) is 0 Å². The lowest BCUT2D eigenvalue weighted by Gasteiger charge is -2.26. The van der Waals surface area contributed by atoms with E-state index in [0.717, 1.165) is 31.4 Å². The van der Waals surface area contributed by atoms with Crippen LogP contribution in [-0.2, 0) is 16.6 Å². The van der Waals surface area contributed by atoms with Gasteiger partial charge in [0.1, 0.15) is 0 Å². The van der Waals surface area contributed by atoms with Crippen molar-refractivity contribution in [2.24, 2.45) is 0 Å². The predicted octanol–water partition coefficient (Wildman–Crippen LogP) is 1.63. The molecule has 2 N–H and O–H groups in total. The fraction of sp³-hybridized carbons (Fsp3) is 0.538. The van der Waals surface area contributed by atoms with Gasteiger partial charge >= 0.3 is 0 Å². The van der Waals surface area contributed by atoms with E-state index in [0.29, 0.717) is 11.4 Å². The first-order chi connectivity index (χ1) is 8.63. The zero-order valence-electron chi connectivity index (χ0n) is 10.6. The van der Waals surface area contributed by atoms with Crippen LogP contribution in [0.2, 0.25) is 0 Å². The molecule has 0 spiro atoms. The second kappa shape index (κ2) is 5.82. The Bertz CT molecular complexity index is 495. The fourth-order valence-electron chi connectivity index (χ4n) is 1.98. The molecule has 4 nitrogen and oxygen atoms in total. The molecular weight excluding hydrogens is 248 g/mol. The van der Waals surface area contributed by atoms with Crippen LogP contribution in [0.15, 0.2) is 29.2 Å². The molecule has 1 aromatic carbocycles. The molecule has 0 aromatic heterocycles. The van der Waals surface area contributed by atoms with Crippen molar-refractivity contribution in [3.05, 3.63) is 29.8 Å². The lowest BCUT2D eigenvalue weighted by Crippen LogP contribution is -2.39. The van der Waals surface area contributed by atoms with Crippen LogP contribution in [0, 0.1) is 0 Å². The van der Waals surface area contributed by atoms with E-state index in [1.54, 1.807) is 12.1 Å². The molecule has 18 heavy (non-hydrogen) atoms. The van der Waals surface area contributed by atoms with Gasteiger partial charge in [-0.15, -0.1) is 0 Å². The molecule has 0 atom stereocenters. The van der Waals surface area contributed by atoms with Crippen molar-refractivity contribution < 1.29 is 8.42 Å². The summed E-state index contributed by atoms with van der Waals surface area (Å²) in [7, 11) is -3.37. The molecule has 2 rings (SSSR count). The fourth-order valence-corrected chi connectivity index (χ4v) is 3.53. The first kappa shape index (κ1) is 13.5. The van der Waals surface area contributed by atoms with Crippen molar-refractivity contribution in [1.82, 2.24) is 10.0 Å². The van der Waals surface area contributed by atoms with Crippen molar-refractivity contribution in [2.75, 3.05) is 6.54 Å². The van der Waals surface area contributed by atoms with E-state index in [1.807, 2.05) is 19.1 Å². The van der Waals surface area contributed by atoms with E-state index in [1.165, 1.54) is 0 Å². The highest BCUT2D eigenvalue weighted by Crippen LogP contribution is 2.22. The molecule has 0 bridgehead atoms. The maximum absolute atomic E-state index is 12.3. The number of sulfonamides is 1. The minimum atomic E-state index is -3.37. The molecule has 0 radical (unpaired) electrons. The third-order valence-electron chi connectivity index (χ3n) is 3.25. The normalized spacial score (nSPS) is 16.5. The summed E-state index contributed by atoms with van der Waals surface area (Å²) >= 11 is 0. The number of hydrogen-bond donors (Lipinski definition) is 2. The molecule has 0 amide bonds. The molecule has 100 valence electrons. The van der Waals surface area contributed by atoms with Gasteiger partial charge in [-0.1, -0.05) is 31.5 Å². The van der Waals surface area contributed by atoms with Crippen LogP contribution >= 0.6 is 0 Å². The number of rotatable bonds is 6. The SMILES string of the molecule is CCNCc1ccccc1S(=O)(=O)NC1CCC1. The van der Waals surface area contributed by atoms with Gasteiger partial charge in [-0.3, -0.25) is 0 Å². The van der Waals surface area contributed by atoms with Gasteiger partial charge in [0, 0.05) is 12.6 Å². The Labute approximate surface area is 109 Å². The maximum atomic E-state index is 12.3. The molecule has 1 aromatic rings. The topological polar surface area (TPSA) is 58.2 Å². The molecule has 0 saturated heterocycles. The quantitative estimate of drug-likeness (QED) is 0.824. The summed E-state index contributed by atoms with van der Waals surface area (Å²) in [5, 5.41) is 3.17. The summed E-state index contributed by atoms with van der Waals surface area (Å²) in [4.78, 5) is 0.401. The monoisotopic (exact) mass is 268 g/mol. The summed E-state index contributed by atoms with van der Waals surface area (Å²) in [5.74, 6) is 0. The van der Waals surface area contributed by atoms with Crippen LogP contribution in [0.25, 0.3) is 0 Å². The maximum Gasteiger partial charge on any atom is 0.241 e. The van der Waals surface area contributed by atoms with Gasteiger partial charge in [-0.25, -0.2) is 13.1 Å². The summed E-state index contributed by atoms with van der Waals surface area (Å²) in [6.07, 6.45) is 3.02. The highest BCUT2D eigenvalue weighted by molar-refractivity contribution is 7.89. The standard InChI is InChI=1S/C13H20N2O2S/c1-2-14-10-11-6-3-4-9-13(11)18(16,17)15-12-7-5-8-12/h3-4,6,9,12,14-15H,2,5,7-8,10H2,1H3. The van der Waals surface area contributed by atoms with Crippen LogP contribution in [0.4, 0.5) is 0 Å². The molecule has 1 saturated carbocycles. The average molecular weight is 268 g/mol. The molecule has 1 aliphatic carbocycles. The lowest BCUT2D eigenvalue weighted by molar-refractivity contribution is 0.383. The van der Waals surface area contributed by atoms with E-state index in [9.17, 15) is 8.42 Å². The highest BCUT2D eigenvalue weighted by Gasteiger charge is 2.25. The third-order valence-corrected chi connectivity index (χ3v) is 4.88. The van der Waals surface area contributed by atoms with E-state index in [4.69, 9.17) is 0 Å². The molecule has 0 aliphatic heterocycles. The Balaban J connectivity index is 2.19. The van der Waals surface area contributed by atoms with Crippen LogP contribution in [-0.4, -0.2) is 21.0 Å². The average Bonchev–Trinajstić information content (AvgIpc) is 2.32. The third kappa shape index (κ3) is 3.10. The summed E-state index contributed by atoms with van der Waals surface area (Å²) in [6.45, 7) is 3.41. The number of benzene rings is 1. The molecule has 1 aliphatic rings. The second-order valence-electron chi connectivity index (χ2n) is 4.64. The molecule has 0 unspecified atom stereocenters. The van der Waals surface area contributed by atoms with Crippen LogP contribution in [0.5, 0.6) is 0 Å². The number of nitrogens with one attached hydrogen (secondary N) is 2. The van der Waals surface area contributed by atoms with E-state index >= 15 is 0 Å². The smallest absolute Gasteiger partial charge is 0.241 e. The Kier molecular flexibility index (Phi) is 4.37. The van der Waals surface area contributed by atoms with Gasteiger partial charge < -0.3 is 5.32 Å². The largest absolute Gasteiger partial charge is 0.313 e. The minimum absolute atomic E-state index is 0.127. The second-order valence-corrected chi connectivity index (χ2v) is 6.32. The van der Waals surface area contributed by atoms with Crippen LogP contribution < -0.4 is 10.0 Å². The van der Waals surface area contributed by atoms with Crippen molar-refractivity contribution in [2.45, 2.75) is 43.7 Å². The van der Waals surface area contributed by atoms with Gasteiger partial charge in [0.25, 0.3) is 0 Å². The molecule has 1 fully saturated rings. The number of hydrogen-bond acceptors (Lipinski definition) is 3. The first-order valence-electron chi connectivity index (χ1n) is 6.44. The Morgan fingerprint density at radius 2 is 2.00 bits per heavy atom. The summed E-state index contributed by atoms with van der Waals surface area (Å²) in [6, 6.07) is 7.30. The van der Waals surface area contributed by atoms with Gasteiger partial charge in [0.2, 0.25) is 10.0 Å². The van der Waals surface area contributed by atoms with Crippen LogP contribution in [0.3, 0.4) is 0 Å². The minimum Gasteiger partial charge on any atom is -0.313 e. The van der Waals surface area contributed by atoms with Crippen LogP contribution in [0.1, 0.15) is 31.7 Å². The Morgan fingerprint density at radius 1 is 1.28 bits per heavy atom. The molecular formula is C13H20N2O2S. The van der Waals surface area contributed by atoms with Crippen molar-refractivity contribution >= 4 is 10.0 Å². The van der Waals surface area contributed by atoms with Gasteiger partial charge in [0.15, 0.2) is 0 Å². The molecule has 5 heteroatoms. The summed E-state index contributed by atoms with van der Waals surface area (Å²) in [5.41, 5.74) is 0.825. The zero-order chi connectivity index (χ0) is 13.0. The Morgan fingerprint density at radius 3 is 2.61 bits per heavy atom. The van der Waals surface area contributed by atoms with E-state index in [2.05, 4.69) is 10.0 Å². The van der Waals surface area contributed by atoms with Gasteiger partial charge in [-0.05, 0) is 31.0 Å². The Hall–Kier alpha value is -0.910. The highest BCUT2D eigenvalue weighted by atomic mass is 32.2. The lowest BCUT2D eigenvalue weighted by atomic mass is 9.94. The van der Waals surface area contributed by atoms with E-state index in [-0.39, 0.29) is 6.04 Å². The zero-order valence-corrected chi connectivity index (χ0v) is 11.5. The predicted molar refractivity (Wildman–Crippen MR) is 71.8 cm³/mol.